The molecule has 0 radical (unpaired) electrons. The first kappa shape index (κ1) is 21.1. The normalized spacial score (nSPS) is 11.1. The number of ether oxygens (including phenoxy) is 1. The highest BCUT2D eigenvalue weighted by Crippen LogP contribution is 2.19. The number of amides is 1. The summed E-state index contributed by atoms with van der Waals surface area (Å²) in [5.41, 5.74) is 0.508. The summed E-state index contributed by atoms with van der Waals surface area (Å²) in [5, 5.41) is 10.6. The summed E-state index contributed by atoms with van der Waals surface area (Å²) in [5.74, 6) is -2.75. The first-order valence-electron chi connectivity index (χ1n) is 8.49. The van der Waals surface area contributed by atoms with Gasteiger partial charge < -0.3 is 14.1 Å². The maximum Gasteiger partial charge on any atom is 0.433 e. The second-order valence-corrected chi connectivity index (χ2v) is 7.41. The van der Waals surface area contributed by atoms with E-state index >= 15 is 0 Å². The molecule has 0 saturated carbocycles. The maximum absolute atomic E-state index is 13.1. The van der Waals surface area contributed by atoms with Crippen molar-refractivity contribution in [2.75, 3.05) is 13.2 Å². The van der Waals surface area contributed by atoms with Gasteiger partial charge in [0.2, 0.25) is 5.76 Å². The fraction of sp³-hybridized carbons (Fsp3) is 0.368. The molecule has 9 heteroatoms. The highest BCUT2D eigenvalue weighted by atomic mass is 19.1. The summed E-state index contributed by atoms with van der Waals surface area (Å²) >= 11 is 0. The molecule has 0 fully saturated rings. The lowest BCUT2D eigenvalue weighted by atomic mass is 9.95. The number of rotatable bonds is 7. The van der Waals surface area contributed by atoms with Crippen LogP contribution in [0, 0.1) is 21.3 Å². The van der Waals surface area contributed by atoms with E-state index in [2.05, 4.69) is 0 Å². The molecule has 8 nitrogen and oxygen atoms in total. The van der Waals surface area contributed by atoms with Gasteiger partial charge in [0.05, 0.1) is 6.07 Å². The average Bonchev–Trinajstić information content (AvgIpc) is 3.10. The van der Waals surface area contributed by atoms with E-state index in [1.54, 1.807) is 12.1 Å². The van der Waals surface area contributed by atoms with Gasteiger partial charge in [-0.3, -0.25) is 14.9 Å². The molecule has 0 unspecified atom stereocenters. The Labute approximate surface area is 161 Å². The van der Waals surface area contributed by atoms with E-state index in [4.69, 9.17) is 9.15 Å². The van der Waals surface area contributed by atoms with Crippen LogP contribution in [0.2, 0.25) is 0 Å². The van der Waals surface area contributed by atoms with Crippen LogP contribution in [0.5, 0.6) is 0 Å². The largest absolute Gasteiger partial charge is 0.450 e. The van der Waals surface area contributed by atoms with E-state index < -0.39 is 29.3 Å². The predicted octanol–water partition coefficient (Wildman–Crippen LogP) is 3.56. The maximum atomic E-state index is 13.1. The van der Waals surface area contributed by atoms with Crippen LogP contribution in [0.4, 0.5) is 10.3 Å². The van der Waals surface area contributed by atoms with Gasteiger partial charge in [-0.25, -0.2) is 9.18 Å². The van der Waals surface area contributed by atoms with Crippen LogP contribution >= 0.6 is 0 Å². The highest BCUT2D eigenvalue weighted by molar-refractivity contribution is 5.89. The minimum absolute atomic E-state index is 0.221. The third-order valence-corrected chi connectivity index (χ3v) is 3.60. The van der Waals surface area contributed by atoms with Crippen LogP contribution in [-0.4, -0.2) is 34.9 Å². The Kier molecular flexibility index (Phi) is 6.50. The number of benzene rings is 1. The van der Waals surface area contributed by atoms with Crippen molar-refractivity contribution in [3.8, 4) is 0 Å². The molecular formula is C19H21FN2O6. The zero-order valence-electron chi connectivity index (χ0n) is 15.8. The molecule has 1 heterocycles. The molecule has 1 amide bonds. The van der Waals surface area contributed by atoms with Crippen molar-refractivity contribution in [1.82, 2.24) is 4.90 Å². The molecule has 1 aromatic heterocycles. The predicted molar refractivity (Wildman–Crippen MR) is 96.9 cm³/mol. The smallest absolute Gasteiger partial charge is 0.433 e. The second kappa shape index (κ2) is 8.64. The van der Waals surface area contributed by atoms with Crippen LogP contribution in [0.15, 0.2) is 40.8 Å². The topological polar surface area (TPSA) is 103 Å². The van der Waals surface area contributed by atoms with E-state index in [9.17, 15) is 24.1 Å². The Morgan fingerprint density at radius 1 is 1.18 bits per heavy atom. The molecule has 0 N–H and O–H groups in total. The van der Waals surface area contributed by atoms with Crippen molar-refractivity contribution in [3.05, 3.63) is 63.7 Å². The lowest BCUT2D eigenvalue weighted by Crippen LogP contribution is -2.39. The standard InChI is InChI=1S/C19H21FN2O6/c1-19(2,3)12-21(10-13-4-6-14(20)7-5-13)16(23)11-27-18(24)15-8-9-17(28-15)22(25)26/h4-9H,10-12H2,1-3H3. The number of carbonyl (C=O) groups is 2. The lowest BCUT2D eigenvalue weighted by molar-refractivity contribution is -0.402. The summed E-state index contributed by atoms with van der Waals surface area (Å²) in [6.07, 6.45) is 0. The van der Waals surface area contributed by atoms with Gasteiger partial charge in [0.25, 0.3) is 5.91 Å². The van der Waals surface area contributed by atoms with Crippen molar-refractivity contribution in [3.63, 3.8) is 0 Å². The van der Waals surface area contributed by atoms with E-state index in [0.717, 1.165) is 17.7 Å². The number of hydrogen-bond donors (Lipinski definition) is 0. The van der Waals surface area contributed by atoms with Gasteiger partial charge in [0.1, 0.15) is 10.7 Å². The van der Waals surface area contributed by atoms with E-state index in [-0.39, 0.29) is 23.5 Å². The molecule has 1 aromatic carbocycles. The summed E-state index contributed by atoms with van der Waals surface area (Å²) in [6.45, 7) is 5.90. The van der Waals surface area contributed by atoms with Crippen molar-refractivity contribution in [2.45, 2.75) is 27.3 Å². The van der Waals surface area contributed by atoms with Gasteiger partial charge in [0.15, 0.2) is 6.61 Å². The van der Waals surface area contributed by atoms with Crippen LogP contribution in [0.1, 0.15) is 36.9 Å². The summed E-state index contributed by atoms with van der Waals surface area (Å²) < 4.78 is 22.8. The second-order valence-electron chi connectivity index (χ2n) is 7.41. The minimum atomic E-state index is -0.973. The van der Waals surface area contributed by atoms with Crippen LogP contribution in [-0.2, 0) is 16.1 Å². The Balaban J connectivity index is 2.03. The monoisotopic (exact) mass is 392 g/mol. The Morgan fingerprint density at radius 3 is 2.36 bits per heavy atom. The van der Waals surface area contributed by atoms with Gasteiger partial charge >= 0.3 is 11.9 Å². The number of nitrogens with zero attached hydrogens (tertiary/aromatic N) is 2. The average molecular weight is 392 g/mol. The van der Waals surface area contributed by atoms with Crippen molar-refractivity contribution in [2.24, 2.45) is 5.41 Å². The minimum Gasteiger partial charge on any atom is -0.450 e. The molecule has 28 heavy (non-hydrogen) atoms. The molecule has 0 atom stereocenters. The Hall–Kier alpha value is -3.23. The van der Waals surface area contributed by atoms with Gasteiger partial charge in [-0.1, -0.05) is 32.9 Å². The number of esters is 1. The zero-order valence-corrected chi connectivity index (χ0v) is 15.8. The van der Waals surface area contributed by atoms with E-state index in [1.165, 1.54) is 17.0 Å². The number of carbonyl (C=O) groups excluding carboxylic acids is 2. The molecule has 150 valence electrons. The first-order valence-corrected chi connectivity index (χ1v) is 8.49. The zero-order chi connectivity index (χ0) is 20.9. The summed E-state index contributed by atoms with van der Waals surface area (Å²) in [4.78, 5) is 35.8. The number of furan rings is 1. The van der Waals surface area contributed by atoms with Crippen molar-refractivity contribution >= 4 is 17.8 Å². The first-order chi connectivity index (χ1) is 13.0. The van der Waals surface area contributed by atoms with Gasteiger partial charge in [-0.2, -0.15) is 0 Å². The molecular weight excluding hydrogens is 371 g/mol. The number of hydrogen-bond acceptors (Lipinski definition) is 6. The van der Waals surface area contributed by atoms with E-state index in [1.807, 2.05) is 20.8 Å². The van der Waals surface area contributed by atoms with E-state index in [0.29, 0.717) is 6.54 Å². The molecule has 2 rings (SSSR count). The Morgan fingerprint density at radius 2 is 1.82 bits per heavy atom. The lowest BCUT2D eigenvalue weighted by Gasteiger charge is -2.30. The molecule has 2 aromatic rings. The quantitative estimate of drug-likeness (QED) is 0.405. The van der Waals surface area contributed by atoms with Crippen LogP contribution in [0.3, 0.4) is 0 Å². The van der Waals surface area contributed by atoms with Crippen LogP contribution < -0.4 is 0 Å². The SMILES string of the molecule is CC(C)(C)CN(Cc1ccc(F)cc1)C(=O)COC(=O)c1ccc([N+](=O)[O-])o1. The Bertz CT molecular complexity index is 854. The van der Waals surface area contributed by atoms with Gasteiger partial charge in [-0.05, 0) is 29.2 Å². The molecule has 0 spiro atoms. The third-order valence-electron chi connectivity index (χ3n) is 3.60. The fourth-order valence-electron chi connectivity index (χ4n) is 2.44. The molecule has 0 aliphatic rings. The molecule has 0 bridgehead atoms. The number of halogens is 1. The van der Waals surface area contributed by atoms with Crippen molar-refractivity contribution < 1.29 is 28.1 Å². The van der Waals surface area contributed by atoms with Gasteiger partial charge in [0, 0.05) is 13.1 Å². The van der Waals surface area contributed by atoms with Crippen molar-refractivity contribution in [1.29, 1.82) is 0 Å². The molecule has 0 aliphatic heterocycles. The summed E-state index contributed by atoms with van der Waals surface area (Å²) in [6, 6.07) is 7.89. The highest BCUT2D eigenvalue weighted by Gasteiger charge is 2.24. The molecule has 0 aliphatic carbocycles. The van der Waals surface area contributed by atoms with Crippen LogP contribution in [0.25, 0.3) is 0 Å². The van der Waals surface area contributed by atoms with Gasteiger partial charge in [-0.15, -0.1) is 0 Å². The third kappa shape index (κ3) is 6.19. The summed E-state index contributed by atoms with van der Waals surface area (Å²) in [7, 11) is 0. The fourth-order valence-corrected chi connectivity index (χ4v) is 2.44. The number of nitro groups is 1. The molecule has 0 saturated heterocycles.